The maximum atomic E-state index is 12.6. The van der Waals surface area contributed by atoms with E-state index in [-0.39, 0.29) is 17.5 Å². The van der Waals surface area contributed by atoms with Gasteiger partial charge in [-0.15, -0.1) is 0 Å². The minimum Gasteiger partial charge on any atom is -0.497 e. The van der Waals surface area contributed by atoms with Gasteiger partial charge in [0.05, 0.1) is 18.0 Å². The van der Waals surface area contributed by atoms with Crippen LogP contribution in [0.3, 0.4) is 0 Å². The number of rotatable bonds is 7. The minimum atomic E-state index is -4.67. The second-order valence-electron chi connectivity index (χ2n) is 6.39. The van der Waals surface area contributed by atoms with Crippen molar-refractivity contribution in [2.45, 2.75) is 29.5 Å². The topological polar surface area (TPSA) is 72.5 Å². The van der Waals surface area contributed by atoms with E-state index in [0.717, 1.165) is 36.3 Å². The minimum absolute atomic E-state index is 0.173. The van der Waals surface area contributed by atoms with Gasteiger partial charge in [0.1, 0.15) is 5.75 Å². The molecule has 144 valence electrons. The van der Waals surface area contributed by atoms with Crippen LogP contribution in [0.15, 0.2) is 53.4 Å². The fourth-order valence-electron chi connectivity index (χ4n) is 2.84. The van der Waals surface area contributed by atoms with E-state index < -0.39 is 20.5 Å². The van der Waals surface area contributed by atoms with Crippen molar-refractivity contribution in [1.82, 2.24) is 5.32 Å². The molecule has 1 N–H and O–H groups in total. The van der Waals surface area contributed by atoms with Gasteiger partial charge in [-0.2, -0.15) is 8.78 Å². The number of halogens is 2. The average Bonchev–Trinajstić information content (AvgIpc) is 3.51. The van der Waals surface area contributed by atoms with Gasteiger partial charge < -0.3 is 10.1 Å². The monoisotopic (exact) mass is 395 g/mol. The zero-order chi connectivity index (χ0) is 19.6. The van der Waals surface area contributed by atoms with Gasteiger partial charge in [0.25, 0.3) is 5.91 Å². The molecule has 1 aliphatic carbocycles. The Morgan fingerprint density at radius 3 is 2.15 bits per heavy atom. The Labute approximate surface area is 156 Å². The Morgan fingerprint density at radius 1 is 1.07 bits per heavy atom. The molecular formula is C19H19F2NO4S. The molecule has 1 saturated carbocycles. The van der Waals surface area contributed by atoms with E-state index in [1.165, 1.54) is 12.1 Å². The fourth-order valence-corrected chi connectivity index (χ4v) is 3.56. The molecule has 0 aliphatic heterocycles. The lowest BCUT2D eigenvalue weighted by Crippen LogP contribution is -2.29. The molecule has 1 atom stereocenters. The van der Waals surface area contributed by atoms with Crippen molar-refractivity contribution in [3.05, 3.63) is 59.7 Å². The lowest BCUT2D eigenvalue weighted by molar-refractivity contribution is 0.0931. The molecule has 8 heteroatoms. The molecule has 1 aliphatic rings. The standard InChI is InChI=1S/C19H19F2NO4S/c1-26-15-8-4-13(5-9-15)17(12-2-3-12)22-18(23)14-6-10-16(11-7-14)27(24,25)19(20)21/h4-12,17,19H,2-3H2,1H3,(H,22,23). The number of hydrogen-bond acceptors (Lipinski definition) is 4. The van der Waals surface area contributed by atoms with E-state index in [4.69, 9.17) is 4.74 Å². The number of benzene rings is 2. The molecule has 1 fully saturated rings. The highest BCUT2D eigenvalue weighted by molar-refractivity contribution is 7.91. The highest BCUT2D eigenvalue weighted by Crippen LogP contribution is 2.41. The molecule has 0 radical (unpaired) electrons. The largest absolute Gasteiger partial charge is 0.497 e. The number of sulfone groups is 1. The van der Waals surface area contributed by atoms with Crippen molar-refractivity contribution in [2.75, 3.05) is 7.11 Å². The Balaban J connectivity index is 1.76. The number of methoxy groups -OCH3 is 1. The third-order valence-electron chi connectivity index (χ3n) is 4.53. The van der Waals surface area contributed by atoms with Crippen LogP contribution in [0.5, 0.6) is 5.75 Å². The summed E-state index contributed by atoms with van der Waals surface area (Å²) < 4.78 is 53.3. The van der Waals surface area contributed by atoms with Gasteiger partial charge in [-0.3, -0.25) is 4.79 Å². The summed E-state index contributed by atoms with van der Waals surface area (Å²) in [5, 5.41) is 2.95. The predicted octanol–water partition coefficient (Wildman–Crippen LogP) is 3.57. The molecule has 0 heterocycles. The summed E-state index contributed by atoms with van der Waals surface area (Å²) >= 11 is 0. The van der Waals surface area contributed by atoms with Gasteiger partial charge in [-0.25, -0.2) is 8.42 Å². The number of nitrogens with one attached hydrogen (secondary N) is 1. The Bertz CT molecular complexity index is 908. The summed E-state index contributed by atoms with van der Waals surface area (Å²) in [5.41, 5.74) is 1.16. The first kappa shape index (κ1) is 19.3. The van der Waals surface area contributed by atoms with Gasteiger partial charge in [0.15, 0.2) is 0 Å². The zero-order valence-electron chi connectivity index (χ0n) is 14.6. The normalized spacial score (nSPS) is 15.4. The molecule has 2 aromatic carbocycles. The first-order valence-electron chi connectivity index (χ1n) is 8.40. The summed E-state index contributed by atoms with van der Waals surface area (Å²) in [5.74, 6) is -2.83. The fraction of sp³-hybridized carbons (Fsp3) is 0.316. The van der Waals surface area contributed by atoms with Gasteiger partial charge in [0, 0.05) is 5.56 Å². The average molecular weight is 395 g/mol. The summed E-state index contributed by atoms with van der Waals surface area (Å²) in [6.07, 6.45) is 2.01. The molecule has 3 rings (SSSR count). The lowest BCUT2D eigenvalue weighted by atomic mass is 10.0. The molecule has 2 aromatic rings. The SMILES string of the molecule is COc1ccc(C(NC(=O)c2ccc(S(=O)(=O)C(F)F)cc2)C2CC2)cc1. The van der Waals surface area contributed by atoms with E-state index in [2.05, 4.69) is 5.32 Å². The van der Waals surface area contributed by atoms with E-state index >= 15 is 0 Å². The summed E-state index contributed by atoms with van der Waals surface area (Å²) in [7, 11) is -3.10. The number of hydrogen-bond donors (Lipinski definition) is 1. The van der Waals surface area contributed by atoms with Crippen molar-refractivity contribution >= 4 is 15.7 Å². The van der Waals surface area contributed by atoms with Crippen molar-refractivity contribution in [3.63, 3.8) is 0 Å². The Hall–Kier alpha value is -2.48. The molecule has 5 nitrogen and oxygen atoms in total. The van der Waals surface area contributed by atoms with Crippen LogP contribution >= 0.6 is 0 Å². The third kappa shape index (κ3) is 4.27. The third-order valence-corrected chi connectivity index (χ3v) is 5.93. The van der Waals surface area contributed by atoms with Crippen LogP contribution in [0.4, 0.5) is 8.78 Å². The summed E-state index contributed by atoms with van der Waals surface area (Å²) in [6, 6.07) is 11.8. The van der Waals surface area contributed by atoms with Gasteiger partial charge in [-0.05, 0) is 60.7 Å². The van der Waals surface area contributed by atoms with E-state index in [0.29, 0.717) is 5.92 Å². The Kier molecular flexibility index (Phi) is 5.46. The number of carbonyl (C=O) groups excluding carboxylic acids is 1. The number of alkyl halides is 2. The van der Waals surface area contributed by atoms with Crippen LogP contribution in [0, 0.1) is 5.92 Å². The number of carbonyl (C=O) groups is 1. The first-order valence-corrected chi connectivity index (χ1v) is 9.94. The lowest BCUT2D eigenvalue weighted by Gasteiger charge is -2.19. The second kappa shape index (κ2) is 7.64. The highest BCUT2D eigenvalue weighted by Gasteiger charge is 2.34. The van der Waals surface area contributed by atoms with Crippen LogP contribution < -0.4 is 10.1 Å². The number of ether oxygens (including phenoxy) is 1. The maximum Gasteiger partial charge on any atom is 0.341 e. The van der Waals surface area contributed by atoms with Crippen LogP contribution in [-0.2, 0) is 9.84 Å². The molecular weight excluding hydrogens is 376 g/mol. The van der Waals surface area contributed by atoms with E-state index in [1.807, 2.05) is 24.3 Å². The van der Waals surface area contributed by atoms with Gasteiger partial charge in [-0.1, -0.05) is 12.1 Å². The molecule has 1 unspecified atom stereocenters. The van der Waals surface area contributed by atoms with Crippen molar-refractivity contribution < 1.29 is 26.7 Å². The molecule has 0 bridgehead atoms. The van der Waals surface area contributed by atoms with Gasteiger partial charge in [0.2, 0.25) is 9.84 Å². The smallest absolute Gasteiger partial charge is 0.341 e. The second-order valence-corrected chi connectivity index (χ2v) is 8.31. The summed E-state index contributed by atoms with van der Waals surface area (Å²) in [6.45, 7) is 0. The van der Waals surface area contributed by atoms with Crippen molar-refractivity contribution in [3.8, 4) is 5.75 Å². The van der Waals surface area contributed by atoms with Crippen LogP contribution in [0.25, 0.3) is 0 Å². The number of amides is 1. The Morgan fingerprint density at radius 2 is 1.67 bits per heavy atom. The maximum absolute atomic E-state index is 12.6. The summed E-state index contributed by atoms with van der Waals surface area (Å²) in [4.78, 5) is 12.0. The van der Waals surface area contributed by atoms with E-state index in [9.17, 15) is 22.0 Å². The quantitative estimate of drug-likeness (QED) is 0.778. The van der Waals surface area contributed by atoms with E-state index in [1.54, 1.807) is 7.11 Å². The van der Waals surface area contributed by atoms with Gasteiger partial charge >= 0.3 is 5.76 Å². The molecule has 0 saturated heterocycles. The molecule has 0 aromatic heterocycles. The van der Waals surface area contributed by atoms with Crippen LogP contribution in [0.2, 0.25) is 0 Å². The molecule has 1 amide bonds. The highest BCUT2D eigenvalue weighted by atomic mass is 32.2. The molecule has 0 spiro atoms. The van der Waals surface area contributed by atoms with Crippen molar-refractivity contribution in [1.29, 1.82) is 0 Å². The van der Waals surface area contributed by atoms with Crippen LogP contribution in [0.1, 0.15) is 34.8 Å². The van der Waals surface area contributed by atoms with Crippen molar-refractivity contribution in [2.24, 2.45) is 5.92 Å². The first-order chi connectivity index (χ1) is 12.8. The van der Waals surface area contributed by atoms with Crippen LogP contribution in [-0.4, -0.2) is 27.2 Å². The zero-order valence-corrected chi connectivity index (χ0v) is 15.4. The molecule has 27 heavy (non-hydrogen) atoms. The predicted molar refractivity (Wildman–Crippen MR) is 95.6 cm³/mol.